The summed E-state index contributed by atoms with van der Waals surface area (Å²) in [6.45, 7) is 10.3. The number of aliphatic hydroxyl groups excluding tert-OH is 1. The average Bonchev–Trinajstić information content (AvgIpc) is 3.36. The van der Waals surface area contributed by atoms with Crippen LogP contribution < -0.4 is 5.32 Å². The molecule has 3 atom stereocenters. The molecule has 0 aliphatic heterocycles. The highest BCUT2D eigenvalue weighted by molar-refractivity contribution is 5.92. The Bertz CT molecular complexity index is 652. The molecule has 0 unspecified atom stereocenters. The van der Waals surface area contributed by atoms with Crippen molar-refractivity contribution >= 4 is 12.0 Å². The van der Waals surface area contributed by atoms with Gasteiger partial charge >= 0.3 is 6.09 Å². The van der Waals surface area contributed by atoms with E-state index in [1.807, 2.05) is 49.1 Å². The van der Waals surface area contributed by atoms with Crippen LogP contribution in [0.3, 0.4) is 0 Å². The molecule has 0 bridgehead atoms. The first kappa shape index (κ1) is 21.2. The van der Waals surface area contributed by atoms with E-state index in [0.29, 0.717) is 19.5 Å². The molecule has 1 aromatic rings. The van der Waals surface area contributed by atoms with Gasteiger partial charge in [0.1, 0.15) is 5.60 Å². The minimum atomic E-state index is -0.713. The fourth-order valence-corrected chi connectivity index (χ4v) is 3.74. The lowest BCUT2D eigenvalue weighted by molar-refractivity contribution is -0.134. The van der Waals surface area contributed by atoms with Crippen LogP contribution in [0, 0.1) is 5.92 Å². The van der Waals surface area contributed by atoms with Gasteiger partial charge in [0.25, 0.3) is 0 Å². The van der Waals surface area contributed by atoms with Crippen LogP contribution in [0.15, 0.2) is 30.3 Å². The summed E-state index contributed by atoms with van der Waals surface area (Å²) in [6.07, 6.45) is 0.0126. The number of nitrogens with zero attached hydrogens (tertiary/aromatic N) is 1. The lowest BCUT2D eigenvalue weighted by Crippen LogP contribution is -2.47. The van der Waals surface area contributed by atoms with E-state index in [9.17, 15) is 14.7 Å². The largest absolute Gasteiger partial charge is 0.444 e. The highest BCUT2D eigenvalue weighted by atomic mass is 16.6. The summed E-state index contributed by atoms with van der Waals surface area (Å²) in [6, 6.07) is 9.10. The van der Waals surface area contributed by atoms with Crippen LogP contribution in [0.4, 0.5) is 4.79 Å². The Kier molecular flexibility index (Phi) is 6.52. The van der Waals surface area contributed by atoms with E-state index in [1.165, 1.54) is 0 Å². The van der Waals surface area contributed by atoms with Crippen molar-refractivity contribution in [2.45, 2.75) is 58.1 Å². The second kappa shape index (κ2) is 8.30. The molecule has 0 spiro atoms. The van der Waals surface area contributed by atoms with E-state index in [2.05, 4.69) is 5.32 Å². The molecule has 6 nitrogen and oxygen atoms in total. The Hall–Kier alpha value is -2.08. The van der Waals surface area contributed by atoms with Crippen molar-refractivity contribution in [1.82, 2.24) is 10.2 Å². The number of alkyl carbamates (subject to hydrolysis) is 1. The summed E-state index contributed by atoms with van der Waals surface area (Å²) in [4.78, 5) is 27.3. The second-order valence-corrected chi connectivity index (χ2v) is 8.06. The van der Waals surface area contributed by atoms with Crippen molar-refractivity contribution in [3.8, 4) is 0 Å². The minimum Gasteiger partial charge on any atom is -0.444 e. The predicted octanol–water partition coefficient (Wildman–Crippen LogP) is 2.70. The topological polar surface area (TPSA) is 78.9 Å². The van der Waals surface area contributed by atoms with Crippen LogP contribution in [0.5, 0.6) is 0 Å². The van der Waals surface area contributed by atoms with E-state index < -0.39 is 23.2 Å². The fourth-order valence-electron chi connectivity index (χ4n) is 3.74. The molecule has 1 aliphatic rings. The smallest absolute Gasteiger partial charge is 0.407 e. The summed E-state index contributed by atoms with van der Waals surface area (Å²) in [5, 5.41) is 12.7. The van der Waals surface area contributed by atoms with Crippen LogP contribution in [-0.2, 0) is 14.9 Å². The lowest BCUT2D eigenvalue weighted by Gasteiger charge is -2.29. The third kappa shape index (κ3) is 4.61. The molecule has 150 valence electrons. The number of rotatable bonds is 7. The average molecular weight is 376 g/mol. The minimum absolute atomic E-state index is 0.0492. The van der Waals surface area contributed by atoms with Crippen LogP contribution in [0.25, 0.3) is 0 Å². The van der Waals surface area contributed by atoms with Crippen LogP contribution in [0.2, 0.25) is 0 Å². The van der Waals surface area contributed by atoms with Gasteiger partial charge in [0.15, 0.2) is 0 Å². The molecule has 0 heterocycles. The van der Waals surface area contributed by atoms with E-state index in [-0.39, 0.29) is 18.4 Å². The molecule has 0 aromatic heterocycles. The highest BCUT2D eigenvalue weighted by Gasteiger charge is 2.64. The molecule has 27 heavy (non-hydrogen) atoms. The van der Waals surface area contributed by atoms with Crippen molar-refractivity contribution in [2.24, 2.45) is 5.92 Å². The molecule has 1 saturated carbocycles. The van der Waals surface area contributed by atoms with Crippen molar-refractivity contribution in [2.75, 3.05) is 19.7 Å². The zero-order valence-electron chi connectivity index (χ0n) is 17.0. The first-order chi connectivity index (χ1) is 12.7. The SMILES string of the molecule is CCN(CC)C(=O)[C@@]1(c2ccccc2)C[C@H]1[C@H](CO)NC(=O)OC(C)(C)C. The van der Waals surface area contributed by atoms with Gasteiger partial charge in [-0.25, -0.2) is 4.79 Å². The molecule has 0 radical (unpaired) electrons. The normalized spacial score (nSPS) is 22.7. The zero-order valence-corrected chi connectivity index (χ0v) is 17.0. The monoisotopic (exact) mass is 376 g/mol. The van der Waals surface area contributed by atoms with Gasteiger partial charge in [0.05, 0.1) is 18.1 Å². The predicted molar refractivity (Wildman–Crippen MR) is 104 cm³/mol. The van der Waals surface area contributed by atoms with Crippen molar-refractivity contribution in [3.63, 3.8) is 0 Å². The van der Waals surface area contributed by atoms with E-state index in [4.69, 9.17) is 4.74 Å². The van der Waals surface area contributed by atoms with Crippen molar-refractivity contribution in [3.05, 3.63) is 35.9 Å². The molecular weight excluding hydrogens is 344 g/mol. The van der Waals surface area contributed by atoms with Gasteiger partial charge in [0, 0.05) is 19.0 Å². The highest BCUT2D eigenvalue weighted by Crippen LogP contribution is 2.57. The Labute approximate surface area is 161 Å². The molecule has 1 aromatic carbocycles. The quantitative estimate of drug-likeness (QED) is 0.767. The molecule has 0 saturated heterocycles. The van der Waals surface area contributed by atoms with Gasteiger partial charge in [-0.15, -0.1) is 0 Å². The fraction of sp³-hybridized carbons (Fsp3) is 0.619. The third-order valence-electron chi connectivity index (χ3n) is 5.12. The van der Waals surface area contributed by atoms with Gasteiger partial charge in [-0.3, -0.25) is 4.79 Å². The van der Waals surface area contributed by atoms with Gasteiger partial charge in [0.2, 0.25) is 5.91 Å². The van der Waals surface area contributed by atoms with Gasteiger partial charge < -0.3 is 20.1 Å². The maximum Gasteiger partial charge on any atom is 0.407 e. The Morgan fingerprint density at radius 3 is 2.33 bits per heavy atom. The first-order valence-electron chi connectivity index (χ1n) is 9.64. The molecular formula is C21H32N2O4. The van der Waals surface area contributed by atoms with Crippen molar-refractivity contribution < 1.29 is 19.4 Å². The first-order valence-corrected chi connectivity index (χ1v) is 9.64. The third-order valence-corrected chi connectivity index (χ3v) is 5.12. The lowest BCUT2D eigenvalue weighted by atomic mass is 9.89. The summed E-state index contributed by atoms with van der Waals surface area (Å²) >= 11 is 0. The number of benzene rings is 1. The van der Waals surface area contributed by atoms with Crippen LogP contribution >= 0.6 is 0 Å². The van der Waals surface area contributed by atoms with E-state index in [1.54, 1.807) is 20.8 Å². The number of nitrogens with one attached hydrogen (secondary N) is 1. The number of likely N-dealkylation sites (N-methyl/N-ethyl adjacent to an activating group) is 1. The maximum absolute atomic E-state index is 13.3. The van der Waals surface area contributed by atoms with E-state index in [0.717, 1.165) is 5.56 Å². The molecule has 1 aliphatic carbocycles. The maximum atomic E-state index is 13.3. The second-order valence-electron chi connectivity index (χ2n) is 8.06. The van der Waals surface area contributed by atoms with E-state index >= 15 is 0 Å². The molecule has 2 N–H and O–H groups in total. The number of amides is 2. The Morgan fingerprint density at radius 2 is 1.85 bits per heavy atom. The number of ether oxygens (including phenoxy) is 1. The number of aliphatic hydroxyl groups is 1. The number of carbonyl (C=O) groups is 2. The number of carbonyl (C=O) groups excluding carboxylic acids is 2. The molecule has 6 heteroatoms. The Morgan fingerprint density at radius 1 is 1.26 bits per heavy atom. The van der Waals surface area contributed by atoms with Crippen molar-refractivity contribution in [1.29, 1.82) is 0 Å². The van der Waals surface area contributed by atoms with Crippen LogP contribution in [0.1, 0.15) is 46.6 Å². The Balaban J connectivity index is 2.27. The van der Waals surface area contributed by atoms with Gasteiger partial charge in [-0.05, 0) is 46.6 Å². The van der Waals surface area contributed by atoms with Gasteiger partial charge in [-0.1, -0.05) is 30.3 Å². The standard InChI is InChI=1S/C21H32N2O4/c1-6-23(7-2)18(25)21(15-11-9-8-10-12-15)13-16(21)17(14-24)22-19(26)27-20(3,4)5/h8-12,16-17,24H,6-7,13-14H2,1-5H3,(H,22,26)/t16-,17-,21+/m0/s1. The summed E-state index contributed by atoms with van der Waals surface area (Å²) < 4.78 is 5.32. The summed E-state index contributed by atoms with van der Waals surface area (Å²) in [5.41, 5.74) is -0.409. The number of hydrogen-bond donors (Lipinski definition) is 2. The molecule has 2 rings (SSSR count). The zero-order chi connectivity index (χ0) is 20.2. The molecule has 1 fully saturated rings. The summed E-state index contributed by atoms with van der Waals surface area (Å²) in [7, 11) is 0. The molecule has 2 amide bonds. The summed E-state index contributed by atoms with van der Waals surface area (Å²) in [5.74, 6) is -0.126. The number of hydrogen-bond acceptors (Lipinski definition) is 4. The van der Waals surface area contributed by atoms with Gasteiger partial charge in [-0.2, -0.15) is 0 Å². The van der Waals surface area contributed by atoms with Crippen LogP contribution in [-0.4, -0.2) is 53.3 Å².